The molecular weight excluding hydrogens is 524 g/mol. The van der Waals surface area contributed by atoms with E-state index in [1.54, 1.807) is 0 Å². The summed E-state index contributed by atoms with van der Waals surface area (Å²) in [5, 5.41) is 15.0. The lowest BCUT2D eigenvalue weighted by Crippen LogP contribution is -2.44. The predicted molar refractivity (Wildman–Crippen MR) is 158 cm³/mol. The number of aromatic nitrogens is 2. The van der Waals surface area contributed by atoms with Crippen LogP contribution in [0.3, 0.4) is 0 Å². The number of carboxylic acids is 1. The van der Waals surface area contributed by atoms with E-state index in [9.17, 15) is 9.90 Å². The van der Waals surface area contributed by atoms with Gasteiger partial charge in [-0.3, -0.25) is 9.69 Å². The molecule has 0 amide bonds. The molecule has 0 aliphatic carbocycles. The maximum Gasteiger partial charge on any atom is 0.309 e. The highest BCUT2D eigenvalue weighted by Gasteiger charge is 2.41. The number of benzene rings is 2. The number of nitrogens with zero attached hydrogens (tertiary/aromatic N) is 4. The van der Waals surface area contributed by atoms with Crippen molar-refractivity contribution in [3.8, 4) is 22.8 Å². The van der Waals surface area contributed by atoms with E-state index < -0.39 is 11.4 Å². The molecule has 3 heterocycles. The number of piperidine rings is 1. The normalized spacial score (nSPS) is 18.0. The Morgan fingerprint density at radius 1 is 1.02 bits per heavy atom. The molecule has 2 fully saturated rings. The minimum atomic E-state index is -0.619. The summed E-state index contributed by atoms with van der Waals surface area (Å²) in [6.07, 6.45) is 6.67. The third-order valence-corrected chi connectivity index (χ3v) is 8.92. The molecule has 0 radical (unpaired) electrons. The summed E-state index contributed by atoms with van der Waals surface area (Å²) in [5.74, 6) is 0.907. The molecule has 40 heavy (non-hydrogen) atoms. The van der Waals surface area contributed by atoms with Gasteiger partial charge in [-0.05, 0) is 107 Å². The van der Waals surface area contributed by atoms with E-state index in [-0.39, 0.29) is 0 Å². The molecule has 3 aromatic rings. The van der Waals surface area contributed by atoms with Gasteiger partial charge in [-0.2, -0.15) is 4.98 Å². The summed E-state index contributed by atoms with van der Waals surface area (Å²) < 4.78 is 5.55. The summed E-state index contributed by atoms with van der Waals surface area (Å²) >= 11 is 6.50. The van der Waals surface area contributed by atoms with Crippen LogP contribution in [0.5, 0.6) is 0 Å². The highest BCUT2D eigenvalue weighted by Crippen LogP contribution is 2.37. The molecule has 2 aromatic carbocycles. The Balaban J connectivity index is 1.15. The SMILES string of the molecule is CC(C)Cc1ccc(-c2nc(-c3ccc(CN4CCC(CCCN5CCCC5)(C(=O)O)CC4)cc3)no2)cc1Cl. The van der Waals surface area contributed by atoms with Crippen molar-refractivity contribution in [3.63, 3.8) is 0 Å². The molecule has 5 rings (SSSR count). The van der Waals surface area contributed by atoms with Gasteiger partial charge in [0.05, 0.1) is 5.41 Å². The molecule has 1 aromatic heterocycles. The van der Waals surface area contributed by atoms with Crippen molar-refractivity contribution in [2.24, 2.45) is 11.3 Å². The van der Waals surface area contributed by atoms with E-state index in [1.165, 1.54) is 31.5 Å². The molecule has 7 nitrogen and oxygen atoms in total. The van der Waals surface area contributed by atoms with Crippen molar-refractivity contribution in [2.75, 3.05) is 32.7 Å². The van der Waals surface area contributed by atoms with E-state index in [0.29, 0.717) is 30.5 Å². The zero-order chi connectivity index (χ0) is 28.1. The summed E-state index contributed by atoms with van der Waals surface area (Å²) in [7, 11) is 0. The van der Waals surface area contributed by atoms with Crippen LogP contribution in [0.4, 0.5) is 0 Å². The van der Waals surface area contributed by atoms with Crippen LogP contribution in [-0.2, 0) is 17.8 Å². The number of hydrogen-bond donors (Lipinski definition) is 1. The van der Waals surface area contributed by atoms with Crippen LogP contribution in [0.15, 0.2) is 47.0 Å². The lowest BCUT2D eigenvalue weighted by Gasteiger charge is -2.39. The first-order valence-corrected chi connectivity index (χ1v) is 15.1. The van der Waals surface area contributed by atoms with Crippen LogP contribution in [0, 0.1) is 11.3 Å². The molecule has 0 bridgehead atoms. The average molecular weight is 565 g/mol. The van der Waals surface area contributed by atoms with Gasteiger partial charge in [0.15, 0.2) is 0 Å². The minimum Gasteiger partial charge on any atom is -0.481 e. The van der Waals surface area contributed by atoms with Gasteiger partial charge in [0.1, 0.15) is 0 Å². The Labute approximate surface area is 242 Å². The number of likely N-dealkylation sites (tertiary alicyclic amines) is 2. The Kier molecular flexibility index (Phi) is 9.24. The topological polar surface area (TPSA) is 82.7 Å². The van der Waals surface area contributed by atoms with Crippen molar-refractivity contribution < 1.29 is 14.4 Å². The second-order valence-electron chi connectivity index (χ2n) is 12.0. The van der Waals surface area contributed by atoms with Crippen LogP contribution >= 0.6 is 11.6 Å². The van der Waals surface area contributed by atoms with Crippen LogP contribution in [-0.4, -0.2) is 63.7 Å². The molecule has 0 atom stereocenters. The lowest BCUT2D eigenvalue weighted by molar-refractivity contribution is -0.152. The Hall–Kier alpha value is -2.74. The fraction of sp³-hybridized carbons (Fsp3) is 0.531. The van der Waals surface area contributed by atoms with Gasteiger partial charge >= 0.3 is 5.97 Å². The third-order valence-electron chi connectivity index (χ3n) is 8.57. The molecule has 2 aliphatic rings. The largest absolute Gasteiger partial charge is 0.481 e. The number of hydrogen-bond acceptors (Lipinski definition) is 6. The highest BCUT2D eigenvalue weighted by atomic mass is 35.5. The van der Waals surface area contributed by atoms with Gasteiger partial charge in [0.2, 0.25) is 5.82 Å². The predicted octanol–water partition coefficient (Wildman–Crippen LogP) is 6.80. The molecule has 0 spiro atoms. The molecule has 214 valence electrons. The summed E-state index contributed by atoms with van der Waals surface area (Å²) in [4.78, 5) is 21.7. The second kappa shape index (κ2) is 12.8. The van der Waals surface area contributed by atoms with Gasteiger partial charge in [-0.25, -0.2) is 0 Å². The molecular formula is C32H41ClN4O3. The van der Waals surface area contributed by atoms with Crippen LogP contribution in [0.2, 0.25) is 5.02 Å². The van der Waals surface area contributed by atoms with Gasteiger partial charge in [0.25, 0.3) is 5.89 Å². The number of carbonyl (C=O) groups is 1. The zero-order valence-electron chi connectivity index (χ0n) is 23.7. The molecule has 0 unspecified atom stereocenters. The maximum atomic E-state index is 12.2. The van der Waals surface area contributed by atoms with Gasteiger partial charge in [-0.1, -0.05) is 60.9 Å². The standard InChI is InChI=1S/C32H41ClN4O3/c1-23(2)20-26-10-11-27(21-28(26)33)30-34-29(35-40-30)25-8-6-24(7-9-25)22-37-18-13-32(14-19-37,31(38)39)12-5-17-36-15-3-4-16-36/h6-11,21,23H,3-5,12-20,22H2,1-2H3,(H,38,39). The Morgan fingerprint density at radius 2 is 1.73 bits per heavy atom. The van der Waals surface area contributed by atoms with Crippen molar-refractivity contribution in [1.29, 1.82) is 0 Å². The van der Waals surface area contributed by atoms with E-state index in [2.05, 4.69) is 45.9 Å². The second-order valence-corrected chi connectivity index (χ2v) is 12.4. The first-order chi connectivity index (χ1) is 19.3. The van der Waals surface area contributed by atoms with Crippen molar-refractivity contribution in [1.82, 2.24) is 19.9 Å². The zero-order valence-corrected chi connectivity index (χ0v) is 24.5. The van der Waals surface area contributed by atoms with E-state index >= 15 is 0 Å². The first-order valence-electron chi connectivity index (χ1n) is 14.7. The number of halogens is 1. The van der Waals surface area contributed by atoms with Gasteiger partial charge in [-0.15, -0.1) is 0 Å². The van der Waals surface area contributed by atoms with E-state index in [4.69, 9.17) is 16.1 Å². The third kappa shape index (κ3) is 6.93. The summed E-state index contributed by atoms with van der Waals surface area (Å²) in [6.45, 7) is 10.1. The van der Waals surface area contributed by atoms with Crippen molar-refractivity contribution in [3.05, 3.63) is 58.6 Å². The van der Waals surface area contributed by atoms with Gasteiger partial charge in [0, 0.05) is 22.7 Å². The number of carboxylic acid groups (broad SMARTS) is 1. The van der Waals surface area contributed by atoms with E-state index in [0.717, 1.165) is 67.2 Å². The van der Waals surface area contributed by atoms with Gasteiger partial charge < -0.3 is 14.5 Å². The molecule has 1 N–H and O–H groups in total. The smallest absolute Gasteiger partial charge is 0.309 e. The molecule has 8 heteroatoms. The monoisotopic (exact) mass is 564 g/mol. The Bertz CT molecular complexity index is 1280. The highest BCUT2D eigenvalue weighted by molar-refractivity contribution is 6.31. The number of aliphatic carboxylic acids is 1. The van der Waals surface area contributed by atoms with Crippen LogP contribution < -0.4 is 0 Å². The first kappa shape index (κ1) is 28.8. The van der Waals surface area contributed by atoms with Crippen LogP contribution in [0.1, 0.15) is 63.5 Å². The van der Waals surface area contributed by atoms with Crippen molar-refractivity contribution in [2.45, 2.75) is 65.3 Å². The Morgan fingerprint density at radius 3 is 2.38 bits per heavy atom. The summed E-state index contributed by atoms with van der Waals surface area (Å²) in [5.41, 5.74) is 3.44. The number of rotatable bonds is 11. The minimum absolute atomic E-state index is 0.452. The van der Waals surface area contributed by atoms with Crippen molar-refractivity contribution >= 4 is 17.6 Å². The summed E-state index contributed by atoms with van der Waals surface area (Å²) in [6, 6.07) is 14.1. The molecule has 0 saturated carbocycles. The maximum absolute atomic E-state index is 12.2. The molecule has 2 saturated heterocycles. The fourth-order valence-electron chi connectivity index (χ4n) is 6.12. The fourth-order valence-corrected chi connectivity index (χ4v) is 6.38. The van der Waals surface area contributed by atoms with E-state index in [1.807, 2.05) is 30.3 Å². The average Bonchev–Trinajstić information content (AvgIpc) is 3.64. The lowest BCUT2D eigenvalue weighted by atomic mass is 9.74. The van der Waals surface area contributed by atoms with Crippen LogP contribution in [0.25, 0.3) is 22.8 Å². The quantitative estimate of drug-likeness (QED) is 0.274. The molecule has 2 aliphatic heterocycles.